The smallest absolute Gasteiger partial charge is 0.426 e. The van der Waals surface area contributed by atoms with Crippen molar-refractivity contribution in [1.82, 2.24) is 15.6 Å². The number of carbonyl (C=O) groups excluding carboxylic acids is 3. The van der Waals surface area contributed by atoms with E-state index in [-0.39, 0.29) is 18.4 Å². The second kappa shape index (κ2) is 15.7. The fourth-order valence-electron chi connectivity index (χ4n) is 6.48. The third-order valence-electron chi connectivity index (χ3n) is 8.74. The molecule has 0 spiro atoms. The number of thioether (sulfide) groups is 1. The van der Waals surface area contributed by atoms with Gasteiger partial charge in [0.1, 0.15) is 5.60 Å². The predicted octanol–water partition coefficient (Wildman–Crippen LogP) is 7.77. The topological polar surface area (TPSA) is 91.0 Å². The fraction of sp³-hybridized carbons (Fsp3) is 0.262. The average molecular weight is 701 g/mol. The monoisotopic (exact) mass is 700 g/mol. The number of ether oxygens (including phenoxy) is 1. The molecule has 2 N–H and O–H groups in total. The van der Waals surface area contributed by atoms with Gasteiger partial charge in [0.25, 0.3) is 5.91 Å². The lowest BCUT2D eigenvalue weighted by Crippen LogP contribution is -2.50. The van der Waals surface area contributed by atoms with Gasteiger partial charge in [0.15, 0.2) is 0 Å². The van der Waals surface area contributed by atoms with Gasteiger partial charge < -0.3 is 15.0 Å². The molecule has 8 nitrogen and oxygen atoms in total. The number of benzene rings is 5. The lowest BCUT2D eigenvalue weighted by Gasteiger charge is -2.36. The summed E-state index contributed by atoms with van der Waals surface area (Å²) in [6, 6.07) is 43.2. The third kappa shape index (κ3) is 8.37. The summed E-state index contributed by atoms with van der Waals surface area (Å²) >= 11 is 1.87. The summed E-state index contributed by atoms with van der Waals surface area (Å²) in [6.45, 7) is 6.96. The third-order valence-corrected chi connectivity index (χ3v) is 10.4. The maximum atomic E-state index is 13.5. The summed E-state index contributed by atoms with van der Waals surface area (Å²) in [7, 11) is 0. The molecule has 0 aromatic heterocycles. The molecule has 1 fully saturated rings. The van der Waals surface area contributed by atoms with Crippen LogP contribution in [0.1, 0.15) is 54.2 Å². The molecule has 0 aliphatic carbocycles. The molecule has 0 saturated carbocycles. The van der Waals surface area contributed by atoms with E-state index in [2.05, 4.69) is 83.5 Å². The molecule has 1 heterocycles. The fourth-order valence-corrected chi connectivity index (χ4v) is 7.97. The number of carbonyl (C=O) groups is 3. The Morgan fingerprint density at radius 2 is 1.43 bits per heavy atom. The highest BCUT2D eigenvalue weighted by Gasteiger charge is 2.36. The number of hydrazine groups is 1. The highest BCUT2D eigenvalue weighted by molar-refractivity contribution is 8.00. The van der Waals surface area contributed by atoms with Crippen molar-refractivity contribution >= 4 is 46.1 Å². The highest BCUT2D eigenvalue weighted by atomic mass is 32.2. The lowest BCUT2D eigenvalue weighted by molar-refractivity contribution is -0.123. The van der Waals surface area contributed by atoms with Gasteiger partial charge in [0, 0.05) is 25.2 Å². The zero-order valence-electron chi connectivity index (χ0n) is 29.3. The number of rotatable bonds is 11. The number of hydrogen-bond donors (Lipinski definition) is 2. The molecule has 5 aromatic carbocycles. The van der Waals surface area contributed by atoms with Crippen LogP contribution in [0.4, 0.5) is 10.5 Å². The van der Waals surface area contributed by atoms with Crippen molar-refractivity contribution in [1.29, 1.82) is 0 Å². The number of anilines is 1. The van der Waals surface area contributed by atoms with Crippen molar-refractivity contribution < 1.29 is 19.1 Å². The normalized spacial score (nSPS) is 13.4. The van der Waals surface area contributed by atoms with Crippen LogP contribution in [0.5, 0.6) is 0 Å². The minimum absolute atomic E-state index is 0.0407. The maximum absolute atomic E-state index is 13.5. The van der Waals surface area contributed by atoms with Crippen molar-refractivity contribution in [2.24, 2.45) is 0 Å². The van der Waals surface area contributed by atoms with Crippen molar-refractivity contribution in [2.45, 2.75) is 37.5 Å². The Hall–Kier alpha value is -5.28. The summed E-state index contributed by atoms with van der Waals surface area (Å²) < 4.78 is 5.21. The average Bonchev–Trinajstić information content (AvgIpc) is 3.14. The number of amides is 3. The minimum atomic E-state index is -0.670. The molecule has 1 aliphatic heterocycles. The van der Waals surface area contributed by atoms with Crippen LogP contribution in [0.15, 0.2) is 127 Å². The number of fused-ring (bicyclic) bond motifs is 1. The molecule has 6 rings (SSSR count). The van der Waals surface area contributed by atoms with Crippen LogP contribution >= 0.6 is 11.8 Å². The van der Waals surface area contributed by atoms with E-state index in [0.717, 1.165) is 28.6 Å². The van der Waals surface area contributed by atoms with Gasteiger partial charge in [0.2, 0.25) is 5.91 Å². The molecule has 0 bridgehead atoms. The summed E-state index contributed by atoms with van der Waals surface area (Å²) in [4.78, 5) is 40.2. The summed E-state index contributed by atoms with van der Waals surface area (Å²) in [6.07, 6.45) is 0.192. The zero-order chi connectivity index (χ0) is 35.8. The van der Waals surface area contributed by atoms with Gasteiger partial charge in [-0.3, -0.25) is 14.6 Å². The molecule has 5 aromatic rings. The minimum Gasteiger partial charge on any atom is -0.443 e. The SMILES string of the molecule is CC(C)(C)OC(=O)NN(CCCSC(c1ccccc1)(c1ccccc1)c1ccccc1)c1ccc2c(C(=O)N3CCNC(=O)C3)cccc2c1. The van der Waals surface area contributed by atoms with E-state index < -0.39 is 16.4 Å². The number of nitrogens with zero attached hydrogens (tertiary/aromatic N) is 2. The molecule has 0 atom stereocenters. The molecule has 9 heteroatoms. The molecular weight excluding hydrogens is 657 g/mol. The van der Waals surface area contributed by atoms with Crippen LogP contribution in [0.25, 0.3) is 10.8 Å². The second-order valence-electron chi connectivity index (χ2n) is 13.5. The molecule has 51 heavy (non-hydrogen) atoms. The Labute approximate surface area is 304 Å². The Balaban J connectivity index is 1.28. The first-order valence-electron chi connectivity index (χ1n) is 17.3. The van der Waals surface area contributed by atoms with E-state index in [1.54, 1.807) is 11.0 Å². The van der Waals surface area contributed by atoms with E-state index in [1.807, 2.05) is 86.1 Å². The molecule has 0 radical (unpaired) electrons. The van der Waals surface area contributed by atoms with Crippen LogP contribution < -0.4 is 15.8 Å². The predicted molar refractivity (Wildman–Crippen MR) is 206 cm³/mol. The Bertz CT molecular complexity index is 1870. The highest BCUT2D eigenvalue weighted by Crippen LogP contribution is 2.48. The van der Waals surface area contributed by atoms with Gasteiger partial charge in [-0.05, 0) is 78.6 Å². The number of hydrogen-bond acceptors (Lipinski definition) is 6. The molecular formula is C42H44N4O4S. The summed E-state index contributed by atoms with van der Waals surface area (Å²) in [5, 5.41) is 6.23. The zero-order valence-corrected chi connectivity index (χ0v) is 30.1. The van der Waals surface area contributed by atoms with Gasteiger partial charge >= 0.3 is 6.09 Å². The summed E-state index contributed by atoms with van der Waals surface area (Å²) in [5.41, 5.74) is 7.20. The van der Waals surface area contributed by atoms with Crippen LogP contribution in [-0.4, -0.2) is 60.3 Å². The van der Waals surface area contributed by atoms with Gasteiger partial charge in [-0.1, -0.05) is 109 Å². The molecule has 1 saturated heterocycles. The van der Waals surface area contributed by atoms with Crippen LogP contribution in [0.3, 0.4) is 0 Å². The van der Waals surface area contributed by atoms with E-state index in [9.17, 15) is 14.4 Å². The maximum Gasteiger partial charge on any atom is 0.426 e. The van der Waals surface area contributed by atoms with Gasteiger partial charge in [0.05, 0.1) is 17.0 Å². The quantitative estimate of drug-likeness (QED) is 0.0832. The van der Waals surface area contributed by atoms with E-state index >= 15 is 0 Å². The van der Waals surface area contributed by atoms with Crippen molar-refractivity contribution in [3.63, 3.8) is 0 Å². The largest absolute Gasteiger partial charge is 0.443 e. The van der Waals surface area contributed by atoms with E-state index in [0.29, 0.717) is 25.2 Å². The first-order valence-corrected chi connectivity index (χ1v) is 18.3. The Morgan fingerprint density at radius 3 is 2.00 bits per heavy atom. The molecule has 0 unspecified atom stereocenters. The van der Waals surface area contributed by atoms with E-state index in [4.69, 9.17) is 4.74 Å². The molecule has 3 amide bonds. The van der Waals surface area contributed by atoms with Crippen LogP contribution in [0, 0.1) is 0 Å². The summed E-state index contributed by atoms with van der Waals surface area (Å²) in [5.74, 6) is 0.441. The number of piperazine rings is 1. The van der Waals surface area contributed by atoms with E-state index in [1.165, 1.54) is 16.7 Å². The van der Waals surface area contributed by atoms with Crippen molar-refractivity contribution in [2.75, 3.05) is 36.9 Å². The lowest BCUT2D eigenvalue weighted by atomic mass is 9.84. The Kier molecular flexibility index (Phi) is 11.0. The van der Waals surface area contributed by atoms with Gasteiger partial charge in [-0.15, -0.1) is 11.8 Å². The van der Waals surface area contributed by atoms with Crippen molar-refractivity contribution in [3.8, 4) is 0 Å². The molecule has 262 valence electrons. The second-order valence-corrected chi connectivity index (χ2v) is 14.8. The number of nitrogens with one attached hydrogen (secondary N) is 2. The standard InChI is InChI=1S/C42H44N4O4S/c1-41(2,3)50-40(49)44-46(35-23-24-36-31(29-35)15-13-22-37(36)39(48)45-27-25-43-38(47)30-45)26-14-28-51-42(32-16-7-4-8-17-32,33-18-9-5-10-19-33)34-20-11-6-12-21-34/h4-13,15-24,29H,14,25-28,30H2,1-3H3,(H,43,47)(H,44,49). The van der Waals surface area contributed by atoms with Gasteiger partial charge in [-0.2, -0.15) is 0 Å². The molecule has 1 aliphatic rings. The van der Waals surface area contributed by atoms with Crippen LogP contribution in [-0.2, 0) is 14.3 Å². The first kappa shape index (κ1) is 35.5. The van der Waals surface area contributed by atoms with Gasteiger partial charge in [-0.25, -0.2) is 10.2 Å². The van der Waals surface area contributed by atoms with Crippen LogP contribution in [0.2, 0.25) is 0 Å². The van der Waals surface area contributed by atoms with Crippen molar-refractivity contribution in [3.05, 3.63) is 150 Å². The Morgan fingerprint density at radius 1 is 0.824 bits per heavy atom. The first-order chi connectivity index (χ1) is 24.6.